The predicted octanol–water partition coefficient (Wildman–Crippen LogP) is 2.18. The molecule has 0 saturated carbocycles. The Labute approximate surface area is 113 Å². The molecule has 1 aromatic rings. The topological polar surface area (TPSA) is 32.3 Å². The molecule has 0 radical (unpaired) electrons. The van der Waals surface area contributed by atoms with E-state index in [4.69, 9.17) is 0 Å². The van der Waals surface area contributed by atoms with Gasteiger partial charge in [-0.2, -0.15) is 0 Å². The number of carbonyl (C=O) groups is 1. The molecule has 3 nitrogen and oxygen atoms in total. The Hall–Kier alpha value is -0.710. The van der Waals surface area contributed by atoms with Crippen molar-refractivity contribution >= 4 is 17.1 Å². The van der Waals surface area contributed by atoms with E-state index in [1.807, 2.05) is 6.07 Å². The number of nitrogens with one attached hydrogen (secondary N) is 1. The van der Waals surface area contributed by atoms with E-state index in [1.54, 1.807) is 11.3 Å². The van der Waals surface area contributed by atoms with Gasteiger partial charge in [-0.1, -0.05) is 6.92 Å². The number of Topliss-reactive ketones (excluding diaryl/α,β-unsaturated/α-hetero) is 1. The number of rotatable bonds is 5. The first-order valence-electron chi connectivity index (χ1n) is 6.73. The first-order valence-corrected chi connectivity index (χ1v) is 7.55. The van der Waals surface area contributed by atoms with Gasteiger partial charge in [0.2, 0.25) is 0 Å². The summed E-state index contributed by atoms with van der Waals surface area (Å²) in [5, 5.41) is 3.36. The largest absolute Gasteiger partial charge is 0.317 e. The minimum absolute atomic E-state index is 0.265. The fraction of sp³-hybridized carbons (Fsp3) is 0.643. The van der Waals surface area contributed by atoms with Crippen molar-refractivity contribution in [1.29, 1.82) is 0 Å². The van der Waals surface area contributed by atoms with Crippen LogP contribution >= 0.6 is 11.3 Å². The fourth-order valence-corrected chi connectivity index (χ4v) is 3.28. The highest BCUT2D eigenvalue weighted by Crippen LogP contribution is 2.18. The van der Waals surface area contributed by atoms with Crippen molar-refractivity contribution in [3.63, 3.8) is 0 Å². The molecule has 4 heteroatoms. The van der Waals surface area contributed by atoms with Crippen LogP contribution in [0, 0.1) is 0 Å². The van der Waals surface area contributed by atoms with Gasteiger partial charge in [0.05, 0.1) is 11.4 Å². The smallest absolute Gasteiger partial charge is 0.186 e. The molecule has 100 valence electrons. The predicted molar refractivity (Wildman–Crippen MR) is 76.5 cm³/mol. The molecule has 0 unspecified atom stereocenters. The molecule has 1 saturated heterocycles. The van der Waals surface area contributed by atoms with Crippen LogP contribution in [-0.4, -0.2) is 43.4 Å². The van der Waals surface area contributed by atoms with Crippen molar-refractivity contribution in [2.75, 3.05) is 26.7 Å². The van der Waals surface area contributed by atoms with Crippen molar-refractivity contribution in [3.8, 4) is 0 Å². The van der Waals surface area contributed by atoms with Gasteiger partial charge in [0, 0.05) is 10.9 Å². The summed E-state index contributed by atoms with van der Waals surface area (Å²) in [5.74, 6) is 0.265. The van der Waals surface area contributed by atoms with Gasteiger partial charge in [0.1, 0.15) is 0 Å². The lowest BCUT2D eigenvalue weighted by molar-refractivity contribution is 0.0907. The van der Waals surface area contributed by atoms with Crippen LogP contribution in [-0.2, 0) is 6.42 Å². The first kappa shape index (κ1) is 13.7. The Balaban J connectivity index is 1.89. The summed E-state index contributed by atoms with van der Waals surface area (Å²) >= 11 is 1.64. The Morgan fingerprint density at radius 2 is 2.17 bits per heavy atom. The third-order valence-corrected chi connectivity index (χ3v) is 4.88. The van der Waals surface area contributed by atoms with Gasteiger partial charge in [0.25, 0.3) is 0 Å². The standard InChI is InChI=1S/C14H22N2OS/c1-3-12-4-5-14(18-12)13(17)10-16(2)11-6-8-15-9-7-11/h4-5,11,15H,3,6-10H2,1-2H3. The Morgan fingerprint density at radius 1 is 1.44 bits per heavy atom. The number of nitrogens with zero attached hydrogens (tertiary/aromatic N) is 1. The fourth-order valence-electron chi connectivity index (χ4n) is 2.40. The maximum absolute atomic E-state index is 12.2. The van der Waals surface area contributed by atoms with E-state index in [-0.39, 0.29) is 5.78 Å². The lowest BCUT2D eigenvalue weighted by atomic mass is 10.1. The average molecular weight is 266 g/mol. The zero-order valence-electron chi connectivity index (χ0n) is 11.2. The normalized spacial score (nSPS) is 17.3. The van der Waals surface area contributed by atoms with E-state index in [1.165, 1.54) is 4.88 Å². The molecule has 0 aliphatic carbocycles. The summed E-state index contributed by atoms with van der Waals surface area (Å²) in [4.78, 5) is 16.6. The number of ketones is 1. The molecule has 1 N–H and O–H groups in total. The van der Waals surface area contributed by atoms with Gasteiger partial charge in [-0.25, -0.2) is 0 Å². The molecule has 0 aromatic carbocycles. The van der Waals surface area contributed by atoms with Crippen LogP contribution in [0.4, 0.5) is 0 Å². The van der Waals surface area contributed by atoms with Gasteiger partial charge >= 0.3 is 0 Å². The number of thiophene rings is 1. The van der Waals surface area contributed by atoms with Crippen LogP contribution in [0.25, 0.3) is 0 Å². The molecule has 1 fully saturated rings. The molecule has 0 spiro atoms. The zero-order chi connectivity index (χ0) is 13.0. The highest BCUT2D eigenvalue weighted by atomic mass is 32.1. The van der Waals surface area contributed by atoms with E-state index >= 15 is 0 Å². The summed E-state index contributed by atoms with van der Waals surface area (Å²) in [6.07, 6.45) is 3.31. The number of hydrogen-bond acceptors (Lipinski definition) is 4. The van der Waals surface area contributed by atoms with E-state index in [2.05, 4.69) is 30.3 Å². The van der Waals surface area contributed by atoms with Crippen molar-refractivity contribution in [2.24, 2.45) is 0 Å². The molecule has 1 aromatic heterocycles. The number of hydrogen-bond donors (Lipinski definition) is 1. The first-order chi connectivity index (χ1) is 8.70. The molecule has 2 heterocycles. The Kier molecular flexibility index (Phi) is 4.92. The SMILES string of the molecule is CCc1ccc(C(=O)CN(C)C2CCNCC2)s1. The second kappa shape index (κ2) is 6.45. The lowest BCUT2D eigenvalue weighted by Crippen LogP contribution is -2.43. The quantitative estimate of drug-likeness (QED) is 0.829. The van der Waals surface area contributed by atoms with E-state index in [9.17, 15) is 4.79 Å². The van der Waals surface area contributed by atoms with Crippen LogP contribution in [0.2, 0.25) is 0 Å². The van der Waals surface area contributed by atoms with Crippen molar-refractivity contribution in [2.45, 2.75) is 32.2 Å². The summed E-state index contributed by atoms with van der Waals surface area (Å²) in [5.41, 5.74) is 0. The van der Waals surface area contributed by atoms with Gasteiger partial charge in [-0.05, 0) is 51.5 Å². The maximum atomic E-state index is 12.2. The minimum Gasteiger partial charge on any atom is -0.317 e. The molecule has 0 amide bonds. The summed E-state index contributed by atoms with van der Waals surface area (Å²) in [7, 11) is 2.07. The van der Waals surface area contributed by atoms with E-state index < -0.39 is 0 Å². The molecule has 18 heavy (non-hydrogen) atoms. The highest BCUT2D eigenvalue weighted by molar-refractivity contribution is 7.14. The van der Waals surface area contributed by atoms with Crippen LogP contribution in [0.3, 0.4) is 0 Å². The zero-order valence-corrected chi connectivity index (χ0v) is 12.1. The molecule has 0 atom stereocenters. The van der Waals surface area contributed by atoms with Gasteiger partial charge in [0.15, 0.2) is 5.78 Å². The van der Waals surface area contributed by atoms with Gasteiger partial charge < -0.3 is 5.32 Å². The number of aryl methyl sites for hydroxylation is 1. The second-order valence-corrected chi connectivity index (χ2v) is 6.11. The van der Waals surface area contributed by atoms with Crippen molar-refractivity contribution < 1.29 is 4.79 Å². The number of carbonyl (C=O) groups excluding carboxylic acids is 1. The molecular formula is C14H22N2OS. The van der Waals surface area contributed by atoms with Crippen molar-refractivity contribution in [1.82, 2.24) is 10.2 Å². The molecular weight excluding hydrogens is 244 g/mol. The summed E-state index contributed by atoms with van der Waals surface area (Å²) in [6, 6.07) is 4.60. The number of piperidine rings is 1. The average Bonchev–Trinajstić information content (AvgIpc) is 2.88. The summed E-state index contributed by atoms with van der Waals surface area (Å²) < 4.78 is 0. The Bertz CT molecular complexity index is 396. The van der Waals surface area contributed by atoms with E-state index in [0.29, 0.717) is 12.6 Å². The monoisotopic (exact) mass is 266 g/mol. The maximum Gasteiger partial charge on any atom is 0.186 e. The van der Waals surface area contributed by atoms with Gasteiger partial charge in [-0.3, -0.25) is 9.69 Å². The Morgan fingerprint density at radius 3 is 2.78 bits per heavy atom. The number of likely N-dealkylation sites (N-methyl/N-ethyl adjacent to an activating group) is 1. The molecule has 1 aliphatic heterocycles. The third-order valence-electron chi connectivity index (χ3n) is 3.61. The van der Waals surface area contributed by atoms with Crippen LogP contribution in [0.15, 0.2) is 12.1 Å². The minimum atomic E-state index is 0.265. The molecule has 2 rings (SSSR count). The van der Waals surface area contributed by atoms with E-state index in [0.717, 1.165) is 37.2 Å². The second-order valence-electron chi connectivity index (χ2n) is 4.94. The van der Waals surface area contributed by atoms with Crippen LogP contribution < -0.4 is 5.32 Å². The third kappa shape index (κ3) is 3.40. The summed E-state index contributed by atoms with van der Waals surface area (Å²) in [6.45, 7) is 4.82. The lowest BCUT2D eigenvalue weighted by Gasteiger charge is -2.30. The van der Waals surface area contributed by atoms with Gasteiger partial charge in [-0.15, -0.1) is 11.3 Å². The van der Waals surface area contributed by atoms with Crippen LogP contribution in [0.1, 0.15) is 34.3 Å². The molecule has 0 bridgehead atoms. The van der Waals surface area contributed by atoms with Crippen LogP contribution in [0.5, 0.6) is 0 Å². The van der Waals surface area contributed by atoms with Crippen molar-refractivity contribution in [3.05, 3.63) is 21.9 Å². The highest BCUT2D eigenvalue weighted by Gasteiger charge is 2.20. The molecule has 1 aliphatic rings.